The van der Waals surface area contributed by atoms with E-state index in [4.69, 9.17) is 4.74 Å². The van der Waals surface area contributed by atoms with Crippen LogP contribution in [0.4, 0.5) is 0 Å². The lowest BCUT2D eigenvalue weighted by Crippen LogP contribution is -2.46. The zero-order valence-electron chi connectivity index (χ0n) is 12.0. The quantitative estimate of drug-likeness (QED) is 0.791. The van der Waals surface area contributed by atoms with Crippen LogP contribution in [0.3, 0.4) is 0 Å². The van der Waals surface area contributed by atoms with Crippen molar-refractivity contribution in [2.24, 2.45) is 0 Å². The second kappa shape index (κ2) is 5.31. The third kappa shape index (κ3) is 2.58. The summed E-state index contributed by atoms with van der Waals surface area (Å²) in [6.07, 6.45) is 4.15. The Morgan fingerprint density at radius 2 is 1.85 bits per heavy atom. The van der Waals surface area contributed by atoms with Gasteiger partial charge in [-0.2, -0.15) is 0 Å². The summed E-state index contributed by atoms with van der Waals surface area (Å²) in [4.78, 5) is 14.4. The summed E-state index contributed by atoms with van der Waals surface area (Å²) in [5, 5.41) is 0. The van der Waals surface area contributed by atoms with E-state index in [2.05, 4.69) is 6.58 Å². The number of carbonyl (C=O) groups is 1. The van der Waals surface area contributed by atoms with Crippen LogP contribution in [0.1, 0.15) is 31.2 Å². The molecule has 2 aliphatic rings. The molecular weight excluding hydrogens is 250 g/mol. The smallest absolute Gasteiger partial charge is 0.261 e. The minimum Gasteiger partial charge on any atom is -0.484 e. The van der Waals surface area contributed by atoms with Crippen LogP contribution in [0, 0.1) is 6.92 Å². The van der Waals surface area contributed by atoms with Crippen molar-refractivity contribution >= 4 is 5.91 Å². The second-order valence-corrected chi connectivity index (χ2v) is 5.95. The number of aryl methyl sites for hydroxylation is 1. The fourth-order valence-corrected chi connectivity index (χ4v) is 3.37. The van der Waals surface area contributed by atoms with Crippen molar-refractivity contribution < 1.29 is 9.53 Å². The highest BCUT2D eigenvalue weighted by molar-refractivity contribution is 5.79. The van der Waals surface area contributed by atoms with Gasteiger partial charge in [-0.1, -0.05) is 29.8 Å². The summed E-state index contributed by atoms with van der Waals surface area (Å²) in [6, 6.07) is 8.53. The Labute approximate surface area is 120 Å². The van der Waals surface area contributed by atoms with Crippen molar-refractivity contribution in [2.45, 2.75) is 44.7 Å². The van der Waals surface area contributed by atoms with Crippen LogP contribution < -0.4 is 4.74 Å². The third-order valence-electron chi connectivity index (χ3n) is 4.34. The normalized spacial score (nSPS) is 24.9. The molecular formula is C17H21NO2. The van der Waals surface area contributed by atoms with Gasteiger partial charge in [0.15, 0.2) is 6.61 Å². The number of nitrogens with zero attached hydrogens (tertiary/aromatic N) is 1. The number of fused-ring (bicyclic) bond motifs is 2. The van der Waals surface area contributed by atoms with Gasteiger partial charge in [0.2, 0.25) is 0 Å². The van der Waals surface area contributed by atoms with Crippen LogP contribution in [-0.4, -0.2) is 29.5 Å². The molecule has 106 valence electrons. The number of hydrogen-bond acceptors (Lipinski definition) is 2. The minimum atomic E-state index is 0.116. The number of piperidine rings is 1. The molecule has 0 aliphatic carbocycles. The van der Waals surface area contributed by atoms with E-state index in [1.54, 1.807) is 0 Å². The van der Waals surface area contributed by atoms with Crippen LogP contribution in [0.25, 0.3) is 0 Å². The van der Waals surface area contributed by atoms with E-state index < -0.39 is 0 Å². The van der Waals surface area contributed by atoms with Crippen molar-refractivity contribution in [1.29, 1.82) is 0 Å². The fourth-order valence-electron chi connectivity index (χ4n) is 3.37. The molecule has 0 radical (unpaired) electrons. The van der Waals surface area contributed by atoms with E-state index in [-0.39, 0.29) is 12.5 Å². The summed E-state index contributed by atoms with van der Waals surface area (Å²) in [7, 11) is 0. The molecule has 20 heavy (non-hydrogen) atoms. The average Bonchev–Trinajstić information content (AvgIpc) is 2.70. The molecule has 0 saturated carbocycles. The van der Waals surface area contributed by atoms with Crippen molar-refractivity contribution in [2.75, 3.05) is 6.61 Å². The molecule has 2 saturated heterocycles. The van der Waals surface area contributed by atoms with Crippen LogP contribution in [-0.2, 0) is 4.79 Å². The first-order chi connectivity index (χ1) is 9.63. The zero-order valence-corrected chi connectivity index (χ0v) is 12.0. The number of hydrogen-bond donors (Lipinski definition) is 0. The predicted octanol–water partition coefficient (Wildman–Crippen LogP) is 3.08. The van der Waals surface area contributed by atoms with Crippen molar-refractivity contribution in [1.82, 2.24) is 4.90 Å². The highest BCUT2D eigenvalue weighted by atomic mass is 16.5. The maximum absolute atomic E-state index is 12.4. The van der Waals surface area contributed by atoms with E-state index in [0.29, 0.717) is 12.1 Å². The van der Waals surface area contributed by atoms with Gasteiger partial charge in [0, 0.05) is 12.1 Å². The molecule has 2 unspecified atom stereocenters. The van der Waals surface area contributed by atoms with Gasteiger partial charge in [-0.05, 0) is 44.7 Å². The highest BCUT2D eigenvalue weighted by Gasteiger charge is 2.40. The van der Waals surface area contributed by atoms with Gasteiger partial charge in [-0.15, -0.1) is 0 Å². The first kappa shape index (κ1) is 13.2. The predicted molar refractivity (Wildman–Crippen MR) is 78.7 cm³/mol. The molecule has 3 heteroatoms. The van der Waals surface area contributed by atoms with E-state index in [1.165, 1.54) is 11.1 Å². The monoisotopic (exact) mass is 271 g/mol. The van der Waals surface area contributed by atoms with Gasteiger partial charge in [-0.3, -0.25) is 4.79 Å². The van der Waals surface area contributed by atoms with Gasteiger partial charge < -0.3 is 9.64 Å². The van der Waals surface area contributed by atoms with Crippen LogP contribution >= 0.6 is 0 Å². The lowest BCUT2D eigenvalue weighted by atomic mass is 9.98. The number of carbonyl (C=O) groups excluding carboxylic acids is 1. The van der Waals surface area contributed by atoms with Crippen LogP contribution in [0.5, 0.6) is 5.75 Å². The molecule has 1 aromatic rings. The fraction of sp³-hybridized carbons (Fsp3) is 0.471. The van der Waals surface area contributed by atoms with E-state index in [0.717, 1.165) is 31.4 Å². The lowest BCUT2D eigenvalue weighted by Gasteiger charge is -2.35. The molecule has 0 spiro atoms. The molecule has 3 nitrogen and oxygen atoms in total. The molecule has 2 bridgehead atoms. The SMILES string of the molecule is C=C1CC2CCC(C1)N2C(=O)COc1ccc(C)cc1. The van der Waals surface area contributed by atoms with Crippen LogP contribution in [0.15, 0.2) is 36.4 Å². The van der Waals surface area contributed by atoms with Gasteiger partial charge >= 0.3 is 0 Å². The first-order valence-corrected chi connectivity index (χ1v) is 7.31. The van der Waals surface area contributed by atoms with Crippen LogP contribution in [0.2, 0.25) is 0 Å². The maximum atomic E-state index is 12.4. The van der Waals surface area contributed by atoms with E-state index >= 15 is 0 Å². The summed E-state index contributed by atoms with van der Waals surface area (Å²) in [6.45, 7) is 6.26. The van der Waals surface area contributed by atoms with Crippen molar-refractivity contribution in [3.05, 3.63) is 42.0 Å². The number of amides is 1. The molecule has 1 amide bonds. The largest absolute Gasteiger partial charge is 0.484 e. The summed E-state index contributed by atoms with van der Waals surface area (Å²) >= 11 is 0. The van der Waals surface area contributed by atoms with Gasteiger partial charge in [-0.25, -0.2) is 0 Å². The highest BCUT2D eigenvalue weighted by Crippen LogP contribution is 2.37. The Bertz CT molecular complexity index is 504. The Hall–Kier alpha value is -1.77. The Balaban J connectivity index is 1.60. The van der Waals surface area contributed by atoms with Crippen molar-refractivity contribution in [3.63, 3.8) is 0 Å². The molecule has 2 fully saturated rings. The molecule has 3 rings (SSSR count). The topological polar surface area (TPSA) is 29.5 Å². The molecule has 2 aliphatic heterocycles. The minimum absolute atomic E-state index is 0.116. The number of benzene rings is 1. The maximum Gasteiger partial charge on any atom is 0.261 e. The summed E-state index contributed by atoms with van der Waals surface area (Å²) in [5.74, 6) is 0.878. The Morgan fingerprint density at radius 3 is 2.45 bits per heavy atom. The molecule has 0 aromatic heterocycles. The zero-order chi connectivity index (χ0) is 14.1. The molecule has 0 N–H and O–H groups in total. The summed E-state index contributed by atoms with van der Waals surface area (Å²) in [5.41, 5.74) is 2.48. The molecule has 2 atom stereocenters. The molecule has 1 aromatic carbocycles. The third-order valence-corrected chi connectivity index (χ3v) is 4.34. The second-order valence-electron chi connectivity index (χ2n) is 5.95. The van der Waals surface area contributed by atoms with Gasteiger partial charge in [0.05, 0.1) is 0 Å². The number of ether oxygens (including phenoxy) is 1. The standard InChI is InChI=1S/C17H21NO2/c1-12-3-7-16(8-4-12)20-11-17(19)18-14-5-6-15(18)10-13(2)9-14/h3-4,7-8,14-15H,2,5-6,9-11H2,1H3. The number of rotatable bonds is 3. The van der Waals surface area contributed by atoms with Gasteiger partial charge in [0.25, 0.3) is 5.91 Å². The van der Waals surface area contributed by atoms with E-state index in [1.807, 2.05) is 36.1 Å². The Kier molecular flexibility index (Phi) is 3.51. The van der Waals surface area contributed by atoms with Gasteiger partial charge in [0.1, 0.15) is 5.75 Å². The Morgan fingerprint density at radius 1 is 1.25 bits per heavy atom. The average molecular weight is 271 g/mol. The van der Waals surface area contributed by atoms with Crippen molar-refractivity contribution in [3.8, 4) is 5.75 Å². The lowest BCUT2D eigenvalue weighted by molar-refractivity contribution is -0.137. The van der Waals surface area contributed by atoms with E-state index in [9.17, 15) is 4.79 Å². The first-order valence-electron chi connectivity index (χ1n) is 7.31. The molecule has 2 heterocycles. The summed E-state index contributed by atoms with van der Waals surface area (Å²) < 4.78 is 5.61.